The molecule has 21 heavy (non-hydrogen) atoms. The Labute approximate surface area is 128 Å². The molecule has 1 heterocycles. The van der Waals surface area contributed by atoms with Crippen molar-refractivity contribution in [1.29, 1.82) is 0 Å². The second-order valence-electron chi connectivity index (χ2n) is 6.16. The maximum Gasteiger partial charge on any atom is 0.239 e. The summed E-state index contributed by atoms with van der Waals surface area (Å²) < 4.78 is 0. The number of piperidine rings is 1. The molecule has 0 aromatic heterocycles. The fourth-order valence-electron chi connectivity index (χ4n) is 2.94. The summed E-state index contributed by atoms with van der Waals surface area (Å²) >= 11 is 0. The first-order valence-electron chi connectivity index (χ1n) is 8.25. The topological polar surface area (TPSA) is 32.3 Å². The van der Waals surface area contributed by atoms with Gasteiger partial charge >= 0.3 is 0 Å². The lowest BCUT2D eigenvalue weighted by atomic mass is 9.98. The first kappa shape index (κ1) is 16.0. The number of amides is 1. The molecular weight excluding hydrogens is 260 g/mol. The number of nitrogens with zero attached hydrogens (tertiary/aromatic N) is 1. The lowest BCUT2D eigenvalue weighted by Crippen LogP contribution is -2.47. The van der Waals surface area contributed by atoms with Crippen molar-refractivity contribution in [3.05, 3.63) is 35.9 Å². The van der Waals surface area contributed by atoms with Crippen LogP contribution in [0.25, 0.3) is 0 Å². The summed E-state index contributed by atoms with van der Waals surface area (Å²) in [6, 6.07) is 10.5. The summed E-state index contributed by atoms with van der Waals surface area (Å²) in [7, 11) is 0. The van der Waals surface area contributed by atoms with E-state index in [9.17, 15) is 4.79 Å². The van der Waals surface area contributed by atoms with E-state index in [-0.39, 0.29) is 11.9 Å². The summed E-state index contributed by atoms with van der Waals surface area (Å²) in [5.41, 5.74) is 1.37. The molecular formula is C18H28N2O. The summed E-state index contributed by atoms with van der Waals surface area (Å²) in [5.74, 6) is 0.790. The second kappa shape index (κ2) is 8.18. The number of rotatable bonds is 6. The van der Waals surface area contributed by atoms with Gasteiger partial charge in [0, 0.05) is 13.1 Å². The van der Waals surface area contributed by atoms with Crippen molar-refractivity contribution in [2.75, 3.05) is 19.6 Å². The van der Waals surface area contributed by atoms with E-state index < -0.39 is 0 Å². The molecule has 0 saturated carbocycles. The van der Waals surface area contributed by atoms with Crippen LogP contribution in [0.4, 0.5) is 0 Å². The van der Waals surface area contributed by atoms with E-state index in [1.165, 1.54) is 12.0 Å². The molecule has 1 aliphatic rings. The highest BCUT2D eigenvalue weighted by Crippen LogP contribution is 2.17. The third kappa shape index (κ3) is 4.85. The summed E-state index contributed by atoms with van der Waals surface area (Å²) in [6.45, 7) is 6.99. The van der Waals surface area contributed by atoms with Gasteiger partial charge in [0.05, 0.1) is 6.04 Å². The van der Waals surface area contributed by atoms with Crippen LogP contribution in [0.2, 0.25) is 0 Å². The van der Waals surface area contributed by atoms with Gasteiger partial charge in [-0.15, -0.1) is 0 Å². The van der Waals surface area contributed by atoms with Crippen LogP contribution in [0, 0.1) is 0 Å². The molecule has 2 rings (SSSR count). The van der Waals surface area contributed by atoms with Gasteiger partial charge in [0.25, 0.3) is 0 Å². The Morgan fingerprint density at radius 2 is 1.81 bits per heavy atom. The molecule has 1 aromatic carbocycles. The number of likely N-dealkylation sites (tertiary alicyclic amines) is 1. The normalized spacial score (nSPS) is 18.3. The lowest BCUT2D eigenvalue weighted by molar-refractivity contribution is -0.133. The quantitative estimate of drug-likeness (QED) is 0.872. The highest BCUT2D eigenvalue weighted by atomic mass is 16.2. The molecule has 1 saturated heterocycles. The molecule has 1 N–H and O–H groups in total. The number of nitrogens with one attached hydrogen (secondary N) is 1. The molecule has 0 spiro atoms. The average Bonchev–Trinajstić information content (AvgIpc) is 2.55. The van der Waals surface area contributed by atoms with Crippen LogP contribution < -0.4 is 5.32 Å². The molecule has 1 fully saturated rings. The molecule has 3 nitrogen and oxygen atoms in total. The minimum absolute atomic E-state index is 0.0638. The van der Waals surface area contributed by atoms with Crippen molar-refractivity contribution in [3.8, 4) is 0 Å². The molecule has 1 aliphatic heterocycles. The van der Waals surface area contributed by atoms with E-state index in [1.807, 2.05) is 17.9 Å². The SMILES string of the molecule is CC(NCCC(C)c1ccccc1)C(=O)N1CCCCC1. The Kier molecular flexibility index (Phi) is 6.24. The first-order chi connectivity index (χ1) is 10.2. The predicted octanol–water partition coefficient (Wildman–Crippen LogP) is 3.17. The predicted molar refractivity (Wildman–Crippen MR) is 87.4 cm³/mol. The fraction of sp³-hybridized carbons (Fsp3) is 0.611. The average molecular weight is 288 g/mol. The van der Waals surface area contributed by atoms with Crippen LogP contribution in [-0.2, 0) is 4.79 Å². The highest BCUT2D eigenvalue weighted by Gasteiger charge is 2.21. The van der Waals surface area contributed by atoms with Crippen LogP contribution >= 0.6 is 0 Å². The second-order valence-corrected chi connectivity index (χ2v) is 6.16. The van der Waals surface area contributed by atoms with E-state index in [0.29, 0.717) is 5.92 Å². The van der Waals surface area contributed by atoms with Crippen molar-refractivity contribution < 1.29 is 4.79 Å². The summed E-state index contributed by atoms with van der Waals surface area (Å²) in [6.07, 6.45) is 4.63. The number of hydrogen-bond acceptors (Lipinski definition) is 2. The maximum absolute atomic E-state index is 12.3. The van der Waals surface area contributed by atoms with Crippen LogP contribution in [0.5, 0.6) is 0 Å². The van der Waals surface area contributed by atoms with Crippen molar-refractivity contribution in [1.82, 2.24) is 10.2 Å². The molecule has 0 aliphatic carbocycles. The molecule has 1 aromatic rings. The number of benzene rings is 1. The number of hydrogen-bond donors (Lipinski definition) is 1. The van der Waals surface area contributed by atoms with E-state index in [4.69, 9.17) is 0 Å². The Hall–Kier alpha value is -1.35. The van der Waals surface area contributed by atoms with Gasteiger partial charge in [0.15, 0.2) is 0 Å². The third-order valence-electron chi connectivity index (χ3n) is 4.43. The van der Waals surface area contributed by atoms with Crippen LogP contribution in [0.15, 0.2) is 30.3 Å². The molecule has 116 valence electrons. The zero-order chi connectivity index (χ0) is 15.1. The van der Waals surface area contributed by atoms with Crippen molar-refractivity contribution >= 4 is 5.91 Å². The minimum atomic E-state index is -0.0638. The zero-order valence-electron chi connectivity index (χ0n) is 13.3. The Morgan fingerprint density at radius 1 is 1.14 bits per heavy atom. The van der Waals surface area contributed by atoms with E-state index in [1.54, 1.807) is 0 Å². The smallest absolute Gasteiger partial charge is 0.239 e. The van der Waals surface area contributed by atoms with Crippen molar-refractivity contribution in [2.24, 2.45) is 0 Å². The highest BCUT2D eigenvalue weighted by molar-refractivity contribution is 5.81. The lowest BCUT2D eigenvalue weighted by Gasteiger charge is -2.29. The number of carbonyl (C=O) groups excluding carboxylic acids is 1. The van der Waals surface area contributed by atoms with Crippen LogP contribution in [-0.4, -0.2) is 36.5 Å². The molecule has 2 unspecified atom stereocenters. The third-order valence-corrected chi connectivity index (χ3v) is 4.43. The van der Waals surface area contributed by atoms with Crippen LogP contribution in [0.1, 0.15) is 51.0 Å². The molecule has 0 bridgehead atoms. The van der Waals surface area contributed by atoms with E-state index in [2.05, 4.69) is 36.5 Å². The van der Waals surface area contributed by atoms with Crippen molar-refractivity contribution in [3.63, 3.8) is 0 Å². The maximum atomic E-state index is 12.3. The van der Waals surface area contributed by atoms with Gasteiger partial charge in [-0.2, -0.15) is 0 Å². The molecule has 0 radical (unpaired) electrons. The molecule has 2 atom stereocenters. The number of carbonyl (C=O) groups is 1. The molecule has 3 heteroatoms. The largest absolute Gasteiger partial charge is 0.341 e. The standard InChI is InChI=1S/C18H28N2O/c1-15(17-9-5-3-6-10-17)11-12-19-16(2)18(21)20-13-7-4-8-14-20/h3,5-6,9-10,15-16,19H,4,7-8,11-14H2,1-2H3. The van der Waals surface area contributed by atoms with E-state index >= 15 is 0 Å². The van der Waals surface area contributed by atoms with Gasteiger partial charge in [-0.25, -0.2) is 0 Å². The monoisotopic (exact) mass is 288 g/mol. The minimum Gasteiger partial charge on any atom is -0.341 e. The van der Waals surface area contributed by atoms with Gasteiger partial charge in [0.2, 0.25) is 5.91 Å². The zero-order valence-corrected chi connectivity index (χ0v) is 13.3. The summed E-state index contributed by atoms with van der Waals surface area (Å²) in [4.78, 5) is 14.3. The fourth-order valence-corrected chi connectivity index (χ4v) is 2.94. The van der Waals surface area contributed by atoms with Crippen LogP contribution in [0.3, 0.4) is 0 Å². The Balaban J connectivity index is 1.71. The first-order valence-corrected chi connectivity index (χ1v) is 8.25. The Bertz CT molecular complexity index is 426. The van der Waals surface area contributed by atoms with Gasteiger partial charge in [-0.1, -0.05) is 37.3 Å². The van der Waals surface area contributed by atoms with Gasteiger partial charge in [-0.05, 0) is 50.6 Å². The van der Waals surface area contributed by atoms with Crippen molar-refractivity contribution in [2.45, 2.75) is 51.5 Å². The summed E-state index contributed by atoms with van der Waals surface area (Å²) in [5, 5.41) is 3.39. The van der Waals surface area contributed by atoms with Gasteiger partial charge < -0.3 is 10.2 Å². The Morgan fingerprint density at radius 3 is 2.48 bits per heavy atom. The van der Waals surface area contributed by atoms with Gasteiger partial charge in [-0.3, -0.25) is 4.79 Å². The molecule has 1 amide bonds. The van der Waals surface area contributed by atoms with E-state index in [0.717, 1.165) is 38.9 Å². The van der Waals surface area contributed by atoms with Gasteiger partial charge in [0.1, 0.15) is 0 Å².